The van der Waals surface area contributed by atoms with Crippen molar-refractivity contribution in [1.82, 2.24) is 9.97 Å². The molecule has 0 radical (unpaired) electrons. The summed E-state index contributed by atoms with van der Waals surface area (Å²) in [5.74, 6) is -0.0253. The monoisotopic (exact) mass is 399 g/mol. The number of nitrogens with zero attached hydrogens (tertiary/aromatic N) is 3. The molecule has 8 heteroatoms. The summed E-state index contributed by atoms with van der Waals surface area (Å²) in [7, 11) is 0. The van der Waals surface area contributed by atoms with Crippen LogP contribution in [-0.2, 0) is 22.7 Å². The van der Waals surface area contributed by atoms with E-state index in [1.165, 1.54) is 22.7 Å². The van der Waals surface area contributed by atoms with E-state index in [2.05, 4.69) is 15.1 Å². The summed E-state index contributed by atoms with van der Waals surface area (Å²) in [6, 6.07) is 9.73. The molecule has 1 aromatic carbocycles. The van der Waals surface area contributed by atoms with Crippen molar-refractivity contribution in [3.63, 3.8) is 0 Å². The van der Waals surface area contributed by atoms with Gasteiger partial charge in [-0.25, -0.2) is 9.97 Å². The maximum absolute atomic E-state index is 12.6. The largest absolute Gasteiger partial charge is 0.389 e. The highest BCUT2D eigenvalue weighted by Gasteiger charge is 2.29. The molecule has 1 N–H and O–H groups in total. The van der Waals surface area contributed by atoms with Crippen LogP contribution in [0.3, 0.4) is 0 Å². The quantitative estimate of drug-likeness (QED) is 0.687. The molecule has 1 atom stereocenters. The van der Waals surface area contributed by atoms with Crippen molar-refractivity contribution in [2.45, 2.75) is 32.5 Å². The number of oxime groups is 1. The Morgan fingerprint density at radius 1 is 1.26 bits per heavy atom. The second kappa shape index (κ2) is 7.67. The van der Waals surface area contributed by atoms with E-state index in [9.17, 15) is 9.90 Å². The first-order valence-electron chi connectivity index (χ1n) is 8.47. The molecule has 4 rings (SSSR count). The SMILES string of the molecule is Cc1nc(CO)sc1-c1csc(CC(=O)C2CC(c3ccccc3)=NO2)n1. The van der Waals surface area contributed by atoms with Crippen molar-refractivity contribution < 1.29 is 14.7 Å². The third kappa shape index (κ3) is 3.83. The van der Waals surface area contributed by atoms with E-state index in [4.69, 9.17) is 4.84 Å². The lowest BCUT2D eigenvalue weighted by Crippen LogP contribution is -2.22. The summed E-state index contributed by atoms with van der Waals surface area (Å²) >= 11 is 2.87. The van der Waals surface area contributed by atoms with Gasteiger partial charge in [-0.1, -0.05) is 35.5 Å². The van der Waals surface area contributed by atoms with Gasteiger partial charge in [0.25, 0.3) is 0 Å². The number of hydrogen-bond donors (Lipinski definition) is 1. The fraction of sp³-hybridized carbons (Fsp3) is 0.263. The first-order chi connectivity index (χ1) is 13.1. The van der Waals surface area contributed by atoms with Crippen molar-refractivity contribution in [3.8, 4) is 10.6 Å². The topological polar surface area (TPSA) is 84.7 Å². The van der Waals surface area contributed by atoms with Crippen molar-refractivity contribution in [1.29, 1.82) is 0 Å². The van der Waals surface area contributed by atoms with Gasteiger partial charge in [-0.15, -0.1) is 22.7 Å². The molecule has 0 amide bonds. The number of aliphatic hydroxyl groups excluding tert-OH is 1. The van der Waals surface area contributed by atoms with Gasteiger partial charge in [0.15, 0.2) is 11.9 Å². The molecule has 0 spiro atoms. The summed E-state index contributed by atoms with van der Waals surface area (Å²) in [5, 5.41) is 16.6. The van der Waals surface area contributed by atoms with E-state index in [0.29, 0.717) is 11.4 Å². The molecule has 2 aromatic heterocycles. The fourth-order valence-corrected chi connectivity index (χ4v) is 4.62. The van der Waals surface area contributed by atoms with E-state index < -0.39 is 6.10 Å². The van der Waals surface area contributed by atoms with E-state index in [0.717, 1.165) is 32.5 Å². The molecule has 0 saturated heterocycles. The predicted octanol–water partition coefficient (Wildman–Crippen LogP) is 3.37. The average molecular weight is 399 g/mol. The predicted molar refractivity (Wildman–Crippen MR) is 105 cm³/mol. The number of aryl methyl sites for hydroxylation is 1. The molecule has 0 aliphatic carbocycles. The van der Waals surface area contributed by atoms with Crippen LogP contribution in [0.25, 0.3) is 10.6 Å². The van der Waals surface area contributed by atoms with Crippen LogP contribution in [0.5, 0.6) is 0 Å². The Bertz CT molecular complexity index is 995. The number of carbonyl (C=O) groups is 1. The van der Waals surface area contributed by atoms with Crippen LogP contribution in [0.4, 0.5) is 0 Å². The van der Waals surface area contributed by atoms with Crippen LogP contribution in [0, 0.1) is 6.92 Å². The minimum atomic E-state index is -0.557. The van der Waals surface area contributed by atoms with Crippen LogP contribution >= 0.6 is 22.7 Å². The van der Waals surface area contributed by atoms with Gasteiger partial charge in [0.05, 0.1) is 35.0 Å². The second-order valence-electron chi connectivity index (χ2n) is 6.15. The first kappa shape index (κ1) is 18.0. The summed E-state index contributed by atoms with van der Waals surface area (Å²) in [5.41, 5.74) is 3.41. The van der Waals surface area contributed by atoms with Crippen LogP contribution in [0.1, 0.15) is 27.7 Å². The number of aromatic nitrogens is 2. The minimum Gasteiger partial charge on any atom is -0.389 e. The average Bonchev–Trinajstić information content (AvgIpc) is 3.41. The number of benzene rings is 1. The maximum Gasteiger partial charge on any atom is 0.191 e. The molecular weight excluding hydrogens is 382 g/mol. The highest BCUT2D eigenvalue weighted by atomic mass is 32.1. The molecule has 1 aliphatic rings. The first-order valence-corrected chi connectivity index (χ1v) is 10.2. The highest BCUT2D eigenvalue weighted by Crippen LogP contribution is 2.31. The molecular formula is C19H17N3O3S2. The normalized spacial score (nSPS) is 16.2. The van der Waals surface area contributed by atoms with Crippen molar-refractivity contribution in [3.05, 3.63) is 57.0 Å². The van der Waals surface area contributed by atoms with Gasteiger partial charge >= 0.3 is 0 Å². The van der Waals surface area contributed by atoms with Crippen LogP contribution in [0.15, 0.2) is 40.9 Å². The van der Waals surface area contributed by atoms with Gasteiger partial charge in [-0.2, -0.15) is 0 Å². The highest BCUT2D eigenvalue weighted by molar-refractivity contribution is 7.16. The lowest BCUT2D eigenvalue weighted by atomic mass is 10.0. The fourth-order valence-electron chi connectivity index (χ4n) is 2.87. The van der Waals surface area contributed by atoms with Crippen molar-refractivity contribution in [2.24, 2.45) is 5.16 Å². The summed E-state index contributed by atoms with van der Waals surface area (Å²) < 4.78 is 0. The van der Waals surface area contributed by atoms with E-state index in [1.54, 1.807) is 0 Å². The lowest BCUT2D eigenvalue weighted by molar-refractivity contribution is -0.128. The van der Waals surface area contributed by atoms with Crippen LogP contribution in [0.2, 0.25) is 0 Å². The Balaban J connectivity index is 1.41. The van der Waals surface area contributed by atoms with Crippen LogP contribution in [-0.4, -0.2) is 32.7 Å². The van der Waals surface area contributed by atoms with Crippen molar-refractivity contribution >= 4 is 34.2 Å². The van der Waals surface area contributed by atoms with Gasteiger partial charge in [0.1, 0.15) is 10.0 Å². The number of Topliss-reactive ketones (excluding diaryl/α,β-unsaturated/α-hetero) is 1. The number of aliphatic hydroxyl groups is 1. The smallest absolute Gasteiger partial charge is 0.191 e. The summed E-state index contributed by atoms with van der Waals surface area (Å²) in [4.78, 5) is 27.8. The lowest BCUT2D eigenvalue weighted by Gasteiger charge is -2.05. The Morgan fingerprint density at radius 3 is 2.81 bits per heavy atom. The van der Waals surface area contributed by atoms with Crippen molar-refractivity contribution in [2.75, 3.05) is 0 Å². The Kier molecular flexibility index (Phi) is 5.11. The molecule has 6 nitrogen and oxygen atoms in total. The van der Waals surface area contributed by atoms with Gasteiger partial charge < -0.3 is 9.94 Å². The van der Waals surface area contributed by atoms with Crippen LogP contribution < -0.4 is 0 Å². The number of hydrogen-bond acceptors (Lipinski definition) is 8. The van der Waals surface area contributed by atoms with E-state index in [1.807, 2.05) is 42.6 Å². The summed E-state index contributed by atoms with van der Waals surface area (Å²) in [6.07, 6.45) is 0.144. The minimum absolute atomic E-state index is 0.0253. The Labute approximate surface area is 164 Å². The number of thiazole rings is 2. The maximum atomic E-state index is 12.6. The molecule has 3 aromatic rings. The number of ketones is 1. The van der Waals surface area contributed by atoms with Gasteiger partial charge in [0, 0.05) is 11.8 Å². The van der Waals surface area contributed by atoms with Gasteiger partial charge in [-0.05, 0) is 12.5 Å². The van der Waals surface area contributed by atoms with Gasteiger partial charge in [0.2, 0.25) is 0 Å². The molecule has 138 valence electrons. The van der Waals surface area contributed by atoms with E-state index in [-0.39, 0.29) is 18.8 Å². The number of carbonyl (C=O) groups excluding carboxylic acids is 1. The zero-order valence-electron chi connectivity index (χ0n) is 14.6. The molecule has 1 aliphatic heterocycles. The standard InChI is InChI=1S/C19H17N3O3S2/c1-11-19(27-18(9-23)20-11)14-10-26-17(21-14)8-15(24)16-7-13(22-25-16)12-5-3-2-4-6-12/h2-6,10,16,23H,7-9H2,1H3. The third-order valence-corrected chi connectivity index (χ3v) is 6.23. The molecule has 27 heavy (non-hydrogen) atoms. The van der Waals surface area contributed by atoms with E-state index >= 15 is 0 Å². The molecule has 3 heterocycles. The molecule has 0 bridgehead atoms. The molecule has 0 fully saturated rings. The Hall–Kier alpha value is -2.42. The Morgan fingerprint density at radius 2 is 2.07 bits per heavy atom. The zero-order chi connectivity index (χ0) is 18.8. The molecule has 1 unspecified atom stereocenters. The third-order valence-electron chi connectivity index (χ3n) is 4.22. The second-order valence-corrected chi connectivity index (χ2v) is 8.18. The molecule has 0 saturated carbocycles. The summed E-state index contributed by atoms with van der Waals surface area (Å²) in [6.45, 7) is 1.81. The zero-order valence-corrected chi connectivity index (χ0v) is 16.2. The van der Waals surface area contributed by atoms with Gasteiger partial charge in [-0.3, -0.25) is 4.79 Å². The number of rotatable bonds is 6.